The monoisotopic (exact) mass is 331 g/mol. The van der Waals surface area contributed by atoms with E-state index in [0.717, 1.165) is 24.9 Å². The van der Waals surface area contributed by atoms with Gasteiger partial charge in [0.1, 0.15) is 5.82 Å². The van der Waals surface area contributed by atoms with Gasteiger partial charge in [-0.15, -0.1) is 0 Å². The number of imidazole rings is 1. The van der Waals surface area contributed by atoms with Crippen LogP contribution >= 0.6 is 0 Å². The van der Waals surface area contributed by atoms with Crippen molar-refractivity contribution in [2.24, 2.45) is 0 Å². The Kier molecular flexibility index (Phi) is 4.90. The molecule has 0 amide bonds. The van der Waals surface area contributed by atoms with Gasteiger partial charge in [0, 0.05) is 12.5 Å². The molecule has 0 saturated heterocycles. The first-order chi connectivity index (χ1) is 12.1. The lowest BCUT2D eigenvalue weighted by molar-refractivity contribution is 0.570. The number of benzene rings is 2. The predicted molar refractivity (Wildman–Crippen MR) is 103 cm³/mol. The molecule has 0 saturated carbocycles. The fourth-order valence-electron chi connectivity index (χ4n) is 3.40. The second kappa shape index (κ2) is 7.11. The van der Waals surface area contributed by atoms with Crippen LogP contribution < -0.4 is 0 Å². The van der Waals surface area contributed by atoms with Crippen LogP contribution in [0.4, 0.5) is 0 Å². The molecule has 3 nitrogen and oxygen atoms in total. The van der Waals surface area contributed by atoms with Crippen LogP contribution in [0.3, 0.4) is 0 Å². The number of aryl methyl sites for hydroxylation is 2. The van der Waals surface area contributed by atoms with Crippen molar-refractivity contribution in [2.75, 3.05) is 0 Å². The summed E-state index contributed by atoms with van der Waals surface area (Å²) in [6.07, 6.45) is 2.18. The van der Waals surface area contributed by atoms with Gasteiger partial charge in [-0.3, -0.25) is 0 Å². The molecule has 1 heterocycles. The van der Waals surface area contributed by atoms with E-state index in [1.807, 2.05) is 24.3 Å². The van der Waals surface area contributed by atoms with E-state index in [9.17, 15) is 0 Å². The first-order valence-electron chi connectivity index (χ1n) is 9.03. The molecular formula is C22H25N3. The number of nitriles is 1. The van der Waals surface area contributed by atoms with Gasteiger partial charge in [0.05, 0.1) is 22.7 Å². The maximum atomic E-state index is 9.00. The van der Waals surface area contributed by atoms with Crippen LogP contribution in [0.25, 0.3) is 11.0 Å². The summed E-state index contributed by atoms with van der Waals surface area (Å²) in [4.78, 5) is 5.00. The molecule has 1 aromatic heterocycles. The second-order valence-electron chi connectivity index (χ2n) is 6.80. The lowest BCUT2D eigenvalue weighted by Gasteiger charge is -2.16. The Balaban J connectivity index is 2.13. The predicted octanol–water partition coefficient (Wildman–Crippen LogP) is 5.48. The number of hydrogen-bond acceptors (Lipinski definition) is 2. The summed E-state index contributed by atoms with van der Waals surface area (Å²) in [5, 5.41) is 9.00. The average molecular weight is 331 g/mol. The molecule has 0 aliphatic rings. The summed E-state index contributed by atoms with van der Waals surface area (Å²) < 4.78 is 2.36. The zero-order chi connectivity index (χ0) is 18.0. The van der Waals surface area contributed by atoms with Gasteiger partial charge in [-0.05, 0) is 67.6 Å². The summed E-state index contributed by atoms with van der Waals surface area (Å²) >= 11 is 0. The molecule has 3 rings (SSSR count). The molecule has 0 aliphatic heterocycles. The van der Waals surface area contributed by atoms with Gasteiger partial charge >= 0.3 is 0 Å². The van der Waals surface area contributed by atoms with E-state index in [1.54, 1.807) is 0 Å². The van der Waals surface area contributed by atoms with Crippen molar-refractivity contribution in [3.05, 3.63) is 64.5 Å². The van der Waals surface area contributed by atoms with E-state index >= 15 is 0 Å². The van der Waals surface area contributed by atoms with Gasteiger partial charge in [-0.25, -0.2) is 4.98 Å². The molecule has 0 fully saturated rings. The van der Waals surface area contributed by atoms with Crippen LogP contribution in [-0.2, 0) is 6.54 Å². The average Bonchev–Trinajstić information content (AvgIpc) is 2.95. The van der Waals surface area contributed by atoms with Crippen LogP contribution in [0.1, 0.15) is 60.7 Å². The van der Waals surface area contributed by atoms with Crippen molar-refractivity contribution in [1.82, 2.24) is 9.55 Å². The standard InChI is InChI=1S/C22H25N3/c1-5-19(6-2)22-24-20-11-15(3)16(4)12-21(20)25(22)14-18-9-7-17(13-23)8-10-18/h7-12,19H,5-6,14H2,1-4H3. The molecule has 2 aromatic carbocycles. The molecule has 0 radical (unpaired) electrons. The van der Waals surface area contributed by atoms with Crippen LogP contribution in [0, 0.1) is 25.2 Å². The van der Waals surface area contributed by atoms with E-state index in [0.29, 0.717) is 11.5 Å². The zero-order valence-electron chi connectivity index (χ0n) is 15.5. The zero-order valence-corrected chi connectivity index (χ0v) is 15.5. The third-order valence-electron chi connectivity index (χ3n) is 5.17. The third-order valence-corrected chi connectivity index (χ3v) is 5.17. The lowest BCUT2D eigenvalue weighted by Crippen LogP contribution is -2.09. The van der Waals surface area contributed by atoms with Crippen molar-refractivity contribution in [3.63, 3.8) is 0 Å². The van der Waals surface area contributed by atoms with Gasteiger partial charge in [0.15, 0.2) is 0 Å². The summed E-state index contributed by atoms with van der Waals surface area (Å²) in [5.41, 5.74) is 6.76. The Bertz CT molecular complexity index is 923. The molecule has 0 spiro atoms. The Morgan fingerprint density at radius 2 is 1.68 bits per heavy atom. The summed E-state index contributed by atoms with van der Waals surface area (Å²) in [5.74, 6) is 1.64. The largest absolute Gasteiger partial charge is 0.323 e. The number of nitrogens with zero attached hydrogens (tertiary/aromatic N) is 3. The first kappa shape index (κ1) is 17.2. The van der Waals surface area contributed by atoms with E-state index < -0.39 is 0 Å². The molecular weight excluding hydrogens is 306 g/mol. The van der Waals surface area contributed by atoms with Crippen molar-refractivity contribution < 1.29 is 0 Å². The highest BCUT2D eigenvalue weighted by molar-refractivity contribution is 5.78. The third kappa shape index (κ3) is 3.30. The van der Waals surface area contributed by atoms with Crippen molar-refractivity contribution in [1.29, 1.82) is 5.26 Å². The second-order valence-corrected chi connectivity index (χ2v) is 6.80. The quantitative estimate of drug-likeness (QED) is 0.621. The minimum Gasteiger partial charge on any atom is -0.323 e. The molecule has 0 N–H and O–H groups in total. The van der Waals surface area contributed by atoms with Gasteiger partial charge in [0.2, 0.25) is 0 Å². The normalized spacial score (nSPS) is 11.2. The van der Waals surface area contributed by atoms with Gasteiger partial charge in [-0.2, -0.15) is 5.26 Å². The summed E-state index contributed by atoms with van der Waals surface area (Å²) in [6, 6.07) is 14.5. The van der Waals surface area contributed by atoms with E-state index in [1.165, 1.54) is 28.0 Å². The first-order valence-corrected chi connectivity index (χ1v) is 9.03. The van der Waals surface area contributed by atoms with Crippen molar-refractivity contribution in [3.8, 4) is 6.07 Å². The highest BCUT2D eigenvalue weighted by Gasteiger charge is 2.18. The highest BCUT2D eigenvalue weighted by Crippen LogP contribution is 2.29. The van der Waals surface area contributed by atoms with E-state index in [2.05, 4.69) is 50.5 Å². The Morgan fingerprint density at radius 1 is 1.04 bits per heavy atom. The number of hydrogen-bond donors (Lipinski definition) is 0. The Morgan fingerprint density at radius 3 is 2.28 bits per heavy atom. The fraction of sp³-hybridized carbons (Fsp3) is 0.364. The van der Waals surface area contributed by atoms with Crippen LogP contribution in [-0.4, -0.2) is 9.55 Å². The fourth-order valence-corrected chi connectivity index (χ4v) is 3.40. The smallest absolute Gasteiger partial charge is 0.113 e. The molecule has 3 aromatic rings. The maximum absolute atomic E-state index is 9.00. The van der Waals surface area contributed by atoms with Crippen molar-refractivity contribution >= 4 is 11.0 Å². The minimum atomic E-state index is 0.464. The summed E-state index contributed by atoms with van der Waals surface area (Å²) in [7, 11) is 0. The molecule has 0 bridgehead atoms. The van der Waals surface area contributed by atoms with E-state index in [-0.39, 0.29) is 0 Å². The number of aromatic nitrogens is 2. The Labute approximate surface area is 149 Å². The van der Waals surface area contributed by atoms with Gasteiger partial charge < -0.3 is 4.57 Å². The van der Waals surface area contributed by atoms with Crippen LogP contribution in [0.5, 0.6) is 0 Å². The summed E-state index contributed by atoms with van der Waals surface area (Å²) in [6.45, 7) is 9.55. The molecule has 25 heavy (non-hydrogen) atoms. The molecule has 0 aliphatic carbocycles. The van der Waals surface area contributed by atoms with Crippen molar-refractivity contribution in [2.45, 2.75) is 53.0 Å². The van der Waals surface area contributed by atoms with Crippen LogP contribution in [0.2, 0.25) is 0 Å². The molecule has 128 valence electrons. The number of rotatable bonds is 5. The molecule has 0 unspecified atom stereocenters. The maximum Gasteiger partial charge on any atom is 0.113 e. The highest BCUT2D eigenvalue weighted by atomic mass is 15.1. The topological polar surface area (TPSA) is 41.6 Å². The van der Waals surface area contributed by atoms with E-state index in [4.69, 9.17) is 10.2 Å². The number of fused-ring (bicyclic) bond motifs is 1. The van der Waals surface area contributed by atoms with Gasteiger partial charge in [0.25, 0.3) is 0 Å². The van der Waals surface area contributed by atoms with Crippen LogP contribution in [0.15, 0.2) is 36.4 Å². The minimum absolute atomic E-state index is 0.464. The molecule has 3 heteroatoms. The lowest BCUT2D eigenvalue weighted by atomic mass is 10.0. The van der Waals surface area contributed by atoms with Gasteiger partial charge in [-0.1, -0.05) is 26.0 Å². The SMILES string of the molecule is CCC(CC)c1nc2cc(C)c(C)cc2n1Cc1ccc(C#N)cc1. The Hall–Kier alpha value is -2.60. The molecule has 0 atom stereocenters.